The molecule has 0 amide bonds. The van der Waals surface area contributed by atoms with Crippen LogP contribution in [0.3, 0.4) is 0 Å². The summed E-state index contributed by atoms with van der Waals surface area (Å²) < 4.78 is 10.3. The lowest BCUT2D eigenvalue weighted by molar-refractivity contribution is -0.133. The van der Waals surface area contributed by atoms with E-state index < -0.39 is 0 Å². The fourth-order valence-corrected chi connectivity index (χ4v) is 2.07. The Balaban J connectivity index is 2.01. The van der Waals surface area contributed by atoms with Crippen molar-refractivity contribution < 1.29 is 14.3 Å². The average Bonchev–Trinajstić information content (AvgIpc) is 2.43. The van der Waals surface area contributed by atoms with E-state index in [1.165, 1.54) is 6.07 Å². The van der Waals surface area contributed by atoms with Gasteiger partial charge in [-0.25, -0.2) is 0 Å². The Labute approximate surface area is 127 Å². The predicted octanol–water partition coefficient (Wildman–Crippen LogP) is 4.15. The van der Waals surface area contributed by atoms with Crippen molar-refractivity contribution in [1.29, 1.82) is 0 Å². The first-order chi connectivity index (χ1) is 9.58. The van der Waals surface area contributed by atoms with Gasteiger partial charge in [0.05, 0.1) is 18.6 Å². The van der Waals surface area contributed by atoms with Gasteiger partial charge in [-0.2, -0.15) is 0 Å². The molecule has 0 aliphatic heterocycles. The number of hydrogen-bond donors (Lipinski definition) is 0. The molecule has 0 saturated heterocycles. The molecule has 0 radical (unpaired) electrons. The summed E-state index contributed by atoms with van der Waals surface area (Å²) in [4.78, 5) is 11.8. The van der Waals surface area contributed by atoms with Crippen LogP contribution in [0.5, 0.6) is 11.5 Å². The summed E-state index contributed by atoms with van der Waals surface area (Å²) in [5.74, 6) is 0.650. The van der Waals surface area contributed by atoms with Gasteiger partial charge in [0.1, 0.15) is 11.5 Å². The van der Waals surface area contributed by atoms with Gasteiger partial charge in [0.15, 0.2) is 0 Å². The predicted molar refractivity (Wildman–Crippen MR) is 78.8 cm³/mol. The van der Waals surface area contributed by atoms with Gasteiger partial charge in [0.2, 0.25) is 0 Å². The molecule has 0 saturated carbocycles. The zero-order chi connectivity index (χ0) is 14.5. The highest BCUT2D eigenvalue weighted by Gasteiger charge is 2.10. The SMILES string of the molecule is COc1ccc(CC(=O)Oc2ccc(Cl)cc2Cl)cc1. The Hall–Kier alpha value is -1.71. The molecule has 0 heterocycles. The minimum absolute atomic E-state index is 0.156. The van der Waals surface area contributed by atoms with Crippen molar-refractivity contribution in [2.45, 2.75) is 6.42 Å². The summed E-state index contributed by atoms with van der Waals surface area (Å²) in [5, 5.41) is 0.797. The highest BCUT2D eigenvalue weighted by Crippen LogP contribution is 2.27. The van der Waals surface area contributed by atoms with E-state index in [2.05, 4.69) is 0 Å². The third-order valence-corrected chi connectivity index (χ3v) is 3.16. The summed E-state index contributed by atoms with van der Waals surface area (Å²) in [6, 6.07) is 11.9. The first-order valence-corrected chi connectivity index (χ1v) is 6.63. The third kappa shape index (κ3) is 3.89. The molecule has 0 N–H and O–H groups in total. The van der Waals surface area contributed by atoms with Gasteiger partial charge < -0.3 is 9.47 Å². The van der Waals surface area contributed by atoms with Gasteiger partial charge in [0, 0.05) is 5.02 Å². The van der Waals surface area contributed by atoms with E-state index in [1.54, 1.807) is 31.4 Å². The molecule has 3 nitrogen and oxygen atoms in total. The molecule has 0 aliphatic carbocycles. The van der Waals surface area contributed by atoms with Crippen molar-refractivity contribution in [2.24, 2.45) is 0 Å². The average molecular weight is 311 g/mol. The third-order valence-electron chi connectivity index (χ3n) is 2.63. The number of benzene rings is 2. The topological polar surface area (TPSA) is 35.5 Å². The van der Waals surface area contributed by atoms with Gasteiger partial charge in [0.25, 0.3) is 0 Å². The minimum atomic E-state index is -0.389. The van der Waals surface area contributed by atoms with Crippen LogP contribution >= 0.6 is 23.2 Å². The maximum absolute atomic E-state index is 11.8. The smallest absolute Gasteiger partial charge is 0.315 e. The fourth-order valence-electron chi connectivity index (χ4n) is 1.63. The van der Waals surface area contributed by atoms with E-state index >= 15 is 0 Å². The second-order valence-corrected chi connectivity index (χ2v) is 4.92. The maximum atomic E-state index is 11.8. The van der Waals surface area contributed by atoms with Gasteiger partial charge in [-0.1, -0.05) is 35.3 Å². The number of hydrogen-bond acceptors (Lipinski definition) is 3. The molecular weight excluding hydrogens is 299 g/mol. The van der Waals surface area contributed by atoms with Gasteiger partial charge >= 0.3 is 5.97 Å². The lowest BCUT2D eigenvalue weighted by Crippen LogP contribution is -2.11. The Morgan fingerprint density at radius 1 is 1.10 bits per heavy atom. The van der Waals surface area contributed by atoms with E-state index in [9.17, 15) is 4.79 Å². The number of halogens is 2. The summed E-state index contributed by atoms with van der Waals surface area (Å²) >= 11 is 11.7. The van der Waals surface area contributed by atoms with Gasteiger partial charge in [-0.05, 0) is 35.9 Å². The molecule has 20 heavy (non-hydrogen) atoms. The van der Waals surface area contributed by atoms with E-state index in [0.717, 1.165) is 11.3 Å². The molecule has 0 unspecified atom stereocenters. The molecule has 5 heteroatoms. The van der Waals surface area contributed by atoms with Crippen LogP contribution in [-0.2, 0) is 11.2 Å². The Kier molecular flexibility index (Phi) is 4.88. The molecule has 0 spiro atoms. The van der Waals surface area contributed by atoms with E-state index in [-0.39, 0.29) is 12.4 Å². The van der Waals surface area contributed by atoms with Crippen LogP contribution in [0.4, 0.5) is 0 Å². The summed E-state index contributed by atoms with van der Waals surface area (Å²) in [7, 11) is 1.59. The monoisotopic (exact) mass is 310 g/mol. The van der Waals surface area contributed by atoms with Crippen LogP contribution in [0.2, 0.25) is 10.0 Å². The number of rotatable bonds is 4. The Morgan fingerprint density at radius 2 is 1.80 bits per heavy atom. The standard InChI is InChI=1S/C15H12Cl2O3/c1-19-12-5-2-10(3-6-12)8-15(18)20-14-7-4-11(16)9-13(14)17/h2-7,9H,8H2,1H3. The Bertz CT molecular complexity index is 609. The highest BCUT2D eigenvalue weighted by molar-refractivity contribution is 6.35. The Morgan fingerprint density at radius 3 is 2.40 bits per heavy atom. The molecule has 2 aromatic rings. The quantitative estimate of drug-likeness (QED) is 0.628. The van der Waals surface area contributed by atoms with Crippen molar-refractivity contribution in [3.63, 3.8) is 0 Å². The van der Waals surface area contributed by atoms with Crippen LogP contribution in [0.1, 0.15) is 5.56 Å². The van der Waals surface area contributed by atoms with Crippen LogP contribution in [0, 0.1) is 0 Å². The molecule has 0 aromatic heterocycles. The molecule has 2 rings (SSSR count). The molecule has 104 valence electrons. The van der Waals surface area contributed by atoms with E-state index in [1.807, 2.05) is 12.1 Å². The molecule has 0 fully saturated rings. The van der Waals surface area contributed by atoms with Crippen molar-refractivity contribution >= 4 is 29.2 Å². The van der Waals surface area contributed by atoms with Crippen molar-refractivity contribution in [2.75, 3.05) is 7.11 Å². The lowest BCUT2D eigenvalue weighted by Gasteiger charge is -2.07. The molecule has 0 atom stereocenters. The summed E-state index contributed by atoms with van der Waals surface area (Å²) in [6.07, 6.45) is 0.156. The number of carbonyl (C=O) groups is 1. The lowest BCUT2D eigenvalue weighted by atomic mass is 10.1. The first-order valence-electron chi connectivity index (χ1n) is 5.87. The summed E-state index contributed by atoms with van der Waals surface area (Å²) in [5.41, 5.74) is 0.834. The molecule has 2 aromatic carbocycles. The number of methoxy groups -OCH3 is 1. The normalized spacial score (nSPS) is 10.2. The number of ether oxygens (including phenoxy) is 2. The van der Waals surface area contributed by atoms with E-state index in [0.29, 0.717) is 15.8 Å². The van der Waals surface area contributed by atoms with Crippen LogP contribution in [-0.4, -0.2) is 13.1 Å². The highest BCUT2D eigenvalue weighted by atomic mass is 35.5. The van der Waals surface area contributed by atoms with E-state index in [4.69, 9.17) is 32.7 Å². The van der Waals surface area contributed by atoms with Gasteiger partial charge in [-0.15, -0.1) is 0 Å². The zero-order valence-corrected chi connectivity index (χ0v) is 12.2. The van der Waals surface area contributed by atoms with Crippen LogP contribution in [0.25, 0.3) is 0 Å². The number of esters is 1. The van der Waals surface area contributed by atoms with Crippen LogP contribution in [0.15, 0.2) is 42.5 Å². The van der Waals surface area contributed by atoms with Crippen LogP contribution < -0.4 is 9.47 Å². The van der Waals surface area contributed by atoms with Crippen molar-refractivity contribution in [3.8, 4) is 11.5 Å². The molecule has 0 aliphatic rings. The largest absolute Gasteiger partial charge is 0.497 e. The molecular formula is C15H12Cl2O3. The van der Waals surface area contributed by atoms with Gasteiger partial charge in [-0.3, -0.25) is 4.79 Å². The fraction of sp³-hybridized carbons (Fsp3) is 0.133. The maximum Gasteiger partial charge on any atom is 0.315 e. The molecule has 0 bridgehead atoms. The van der Waals surface area contributed by atoms with Crippen molar-refractivity contribution in [3.05, 3.63) is 58.1 Å². The van der Waals surface area contributed by atoms with Crippen molar-refractivity contribution in [1.82, 2.24) is 0 Å². The minimum Gasteiger partial charge on any atom is -0.497 e. The summed E-state index contributed by atoms with van der Waals surface area (Å²) in [6.45, 7) is 0. The second-order valence-electron chi connectivity index (χ2n) is 4.07. The second kappa shape index (κ2) is 6.64. The first kappa shape index (κ1) is 14.7. The number of carbonyl (C=O) groups excluding carboxylic acids is 1. The zero-order valence-electron chi connectivity index (χ0n) is 10.7.